The quantitative estimate of drug-likeness (QED) is 0.0346. The number of hydrogen-bond acceptors (Lipinski definition) is 5. The molecule has 0 rings (SSSR count). The minimum Gasteiger partial charge on any atom is -0.462 e. The third-order valence-electron chi connectivity index (χ3n) is 11.4. The molecule has 0 aliphatic carbocycles. The molecule has 0 amide bonds. The second kappa shape index (κ2) is 54.4. The largest absolute Gasteiger partial charge is 0.462 e. The van der Waals surface area contributed by atoms with E-state index in [4.69, 9.17) is 14.2 Å². The molecule has 0 N–H and O–H groups in total. The Balaban J connectivity index is 4.34. The van der Waals surface area contributed by atoms with Crippen LogP contribution in [0.1, 0.15) is 252 Å². The van der Waals surface area contributed by atoms with Gasteiger partial charge in [0.15, 0.2) is 6.10 Å². The molecule has 0 fully saturated rings. The number of unbranched alkanes of at least 4 members (excludes halogenated alkanes) is 24. The monoisotopic (exact) mass is 891 g/mol. The van der Waals surface area contributed by atoms with E-state index >= 15 is 0 Å². The van der Waals surface area contributed by atoms with Crippen molar-refractivity contribution >= 4 is 11.9 Å². The molecule has 0 saturated carbocycles. The molecule has 0 aliphatic heterocycles. The van der Waals surface area contributed by atoms with Crippen LogP contribution >= 0.6 is 0 Å². The molecule has 64 heavy (non-hydrogen) atoms. The first kappa shape index (κ1) is 61.1. The van der Waals surface area contributed by atoms with Crippen molar-refractivity contribution in [1.82, 2.24) is 0 Å². The maximum atomic E-state index is 12.8. The summed E-state index contributed by atoms with van der Waals surface area (Å²) in [7, 11) is 0. The smallest absolute Gasteiger partial charge is 0.306 e. The molecule has 368 valence electrons. The summed E-state index contributed by atoms with van der Waals surface area (Å²) in [6, 6.07) is 0. The van der Waals surface area contributed by atoms with Crippen molar-refractivity contribution in [2.24, 2.45) is 0 Å². The molecule has 0 bridgehead atoms. The molecular formula is C59H102O5. The Hall–Kier alpha value is -2.92. The van der Waals surface area contributed by atoms with Gasteiger partial charge >= 0.3 is 11.9 Å². The van der Waals surface area contributed by atoms with Gasteiger partial charge in [-0.1, -0.05) is 228 Å². The van der Waals surface area contributed by atoms with Crippen LogP contribution in [0.3, 0.4) is 0 Å². The lowest BCUT2D eigenvalue weighted by molar-refractivity contribution is -0.163. The maximum absolute atomic E-state index is 12.8. The van der Waals surface area contributed by atoms with E-state index in [0.29, 0.717) is 19.4 Å². The fraction of sp³-hybridized carbons (Fsp3) is 0.729. The minimum atomic E-state index is -0.557. The second-order valence-corrected chi connectivity index (χ2v) is 17.8. The molecule has 0 aromatic rings. The highest BCUT2D eigenvalue weighted by Gasteiger charge is 2.17. The lowest BCUT2D eigenvalue weighted by Crippen LogP contribution is -2.30. The number of hydrogen-bond donors (Lipinski definition) is 0. The first-order valence-electron chi connectivity index (χ1n) is 27.1. The van der Waals surface area contributed by atoms with Gasteiger partial charge in [-0.3, -0.25) is 9.59 Å². The topological polar surface area (TPSA) is 61.8 Å². The number of esters is 2. The molecule has 0 aromatic carbocycles. The van der Waals surface area contributed by atoms with Gasteiger partial charge in [-0.2, -0.15) is 0 Å². The zero-order valence-electron chi connectivity index (χ0n) is 42.3. The van der Waals surface area contributed by atoms with E-state index in [9.17, 15) is 9.59 Å². The molecule has 0 radical (unpaired) electrons. The van der Waals surface area contributed by atoms with Crippen LogP contribution in [0.5, 0.6) is 0 Å². The third-order valence-corrected chi connectivity index (χ3v) is 11.4. The third kappa shape index (κ3) is 51.7. The van der Waals surface area contributed by atoms with Gasteiger partial charge in [0.05, 0.1) is 6.61 Å². The Bertz CT molecular complexity index is 1190. The van der Waals surface area contributed by atoms with E-state index in [0.717, 1.165) is 89.9 Å². The number of rotatable bonds is 49. The fourth-order valence-corrected chi connectivity index (χ4v) is 7.39. The van der Waals surface area contributed by atoms with E-state index < -0.39 is 6.10 Å². The summed E-state index contributed by atoms with van der Waals surface area (Å²) >= 11 is 0. The van der Waals surface area contributed by atoms with Gasteiger partial charge in [0.2, 0.25) is 0 Å². The van der Waals surface area contributed by atoms with E-state index in [1.54, 1.807) is 0 Å². The Kier molecular flexibility index (Phi) is 51.9. The van der Waals surface area contributed by atoms with E-state index in [1.807, 2.05) is 0 Å². The molecule has 1 unspecified atom stereocenters. The summed E-state index contributed by atoms with van der Waals surface area (Å²) in [6.07, 6.45) is 71.6. The zero-order valence-corrected chi connectivity index (χ0v) is 42.3. The summed E-state index contributed by atoms with van der Waals surface area (Å²) in [4.78, 5) is 25.4. The summed E-state index contributed by atoms with van der Waals surface area (Å²) in [5, 5.41) is 0. The normalized spacial score (nSPS) is 12.9. The summed E-state index contributed by atoms with van der Waals surface area (Å²) in [5.74, 6) is -0.436. The molecule has 5 heteroatoms. The number of allylic oxidation sites excluding steroid dienone is 14. The highest BCUT2D eigenvalue weighted by Crippen LogP contribution is 2.14. The lowest BCUT2D eigenvalue weighted by Gasteiger charge is -2.18. The highest BCUT2D eigenvalue weighted by molar-refractivity contribution is 5.70. The first-order valence-corrected chi connectivity index (χ1v) is 27.1. The van der Waals surface area contributed by atoms with Crippen LogP contribution in [-0.4, -0.2) is 37.9 Å². The molecule has 5 nitrogen and oxygen atoms in total. The van der Waals surface area contributed by atoms with E-state index in [1.165, 1.54) is 128 Å². The Morgan fingerprint density at radius 1 is 0.359 bits per heavy atom. The van der Waals surface area contributed by atoms with Crippen molar-refractivity contribution in [3.63, 3.8) is 0 Å². The SMILES string of the molecule is CC/C=C\C/C=C\C/C=C\C/C=C\C/C=C\CCCCCC(=O)OCC(COCCCCCCCC/C=C\C/C=C\CCCCC)OC(=O)CCCCCCCCCCCCCCC. The van der Waals surface area contributed by atoms with Gasteiger partial charge < -0.3 is 14.2 Å². The maximum Gasteiger partial charge on any atom is 0.306 e. The first-order chi connectivity index (χ1) is 31.6. The predicted molar refractivity (Wildman–Crippen MR) is 279 cm³/mol. The van der Waals surface area contributed by atoms with Crippen LogP contribution in [0.25, 0.3) is 0 Å². The minimum absolute atomic E-state index is 0.0624. The molecule has 1 atom stereocenters. The summed E-state index contributed by atoms with van der Waals surface area (Å²) in [5.41, 5.74) is 0. The number of ether oxygens (including phenoxy) is 3. The van der Waals surface area contributed by atoms with Gasteiger partial charge in [-0.15, -0.1) is 0 Å². The van der Waals surface area contributed by atoms with Crippen LogP contribution in [0.2, 0.25) is 0 Å². The molecule has 0 aromatic heterocycles. The molecule has 0 heterocycles. The van der Waals surface area contributed by atoms with Crippen molar-refractivity contribution in [2.45, 2.75) is 258 Å². The molecule has 0 saturated heterocycles. The molecule has 0 spiro atoms. The highest BCUT2D eigenvalue weighted by atomic mass is 16.6. The Labute approximate surface area is 397 Å². The van der Waals surface area contributed by atoms with Crippen molar-refractivity contribution < 1.29 is 23.8 Å². The van der Waals surface area contributed by atoms with Gasteiger partial charge in [-0.05, 0) is 96.3 Å². The van der Waals surface area contributed by atoms with Crippen molar-refractivity contribution in [2.75, 3.05) is 19.8 Å². The van der Waals surface area contributed by atoms with Crippen molar-refractivity contribution in [1.29, 1.82) is 0 Å². The van der Waals surface area contributed by atoms with Gasteiger partial charge in [0.25, 0.3) is 0 Å². The van der Waals surface area contributed by atoms with Crippen LogP contribution in [0.4, 0.5) is 0 Å². The summed E-state index contributed by atoms with van der Waals surface area (Å²) in [6.45, 7) is 7.65. The van der Waals surface area contributed by atoms with Gasteiger partial charge in [0.1, 0.15) is 6.61 Å². The number of carbonyl (C=O) groups is 2. The van der Waals surface area contributed by atoms with Crippen molar-refractivity contribution in [3.8, 4) is 0 Å². The zero-order chi connectivity index (χ0) is 46.3. The average Bonchev–Trinajstić information content (AvgIpc) is 3.30. The van der Waals surface area contributed by atoms with Crippen LogP contribution in [0.15, 0.2) is 85.1 Å². The summed E-state index contributed by atoms with van der Waals surface area (Å²) < 4.78 is 17.4. The Morgan fingerprint density at radius 3 is 1.17 bits per heavy atom. The Morgan fingerprint density at radius 2 is 0.703 bits per heavy atom. The average molecular weight is 891 g/mol. The van der Waals surface area contributed by atoms with Crippen LogP contribution in [-0.2, 0) is 23.8 Å². The fourth-order valence-electron chi connectivity index (χ4n) is 7.39. The molecule has 0 aliphatic rings. The molecular weight excluding hydrogens is 789 g/mol. The van der Waals surface area contributed by atoms with Crippen LogP contribution < -0.4 is 0 Å². The van der Waals surface area contributed by atoms with Gasteiger partial charge in [-0.25, -0.2) is 0 Å². The lowest BCUT2D eigenvalue weighted by atomic mass is 10.0. The van der Waals surface area contributed by atoms with E-state index in [-0.39, 0.29) is 25.2 Å². The predicted octanol–water partition coefficient (Wildman–Crippen LogP) is 18.5. The van der Waals surface area contributed by atoms with Gasteiger partial charge in [0, 0.05) is 19.4 Å². The number of carbonyl (C=O) groups excluding carboxylic acids is 2. The van der Waals surface area contributed by atoms with Crippen molar-refractivity contribution in [3.05, 3.63) is 85.1 Å². The van der Waals surface area contributed by atoms with Crippen LogP contribution in [0, 0.1) is 0 Å². The standard InChI is InChI=1S/C59H102O5/c1-4-7-10-13-16-19-22-25-27-29-30-31-32-35-37-40-43-46-49-52-58(60)63-56-57(64-59(61)53-50-47-44-41-38-34-24-21-18-15-12-9-6-3)55-62-54-51-48-45-42-39-36-33-28-26-23-20-17-14-11-8-5-2/h7,10,16-17,19-20,25-28,30-31,35,37,57H,4-6,8-9,11-15,18,21-24,29,32-34,36,38-56H2,1-3H3/b10-7-,19-16-,20-17-,27-25-,28-26-,31-30-,37-35-. The second-order valence-electron chi connectivity index (χ2n) is 17.8. The van der Waals surface area contributed by atoms with E-state index in [2.05, 4.69) is 106 Å².